The van der Waals surface area contributed by atoms with Gasteiger partial charge in [0.25, 0.3) is 0 Å². The molecular formula is C25H22ClFN8. The Labute approximate surface area is 204 Å². The second kappa shape index (κ2) is 7.53. The maximum Gasteiger partial charge on any atom is 0.202 e. The molecule has 2 fully saturated rings. The van der Waals surface area contributed by atoms with Crippen molar-refractivity contribution in [1.82, 2.24) is 20.2 Å². The highest BCUT2D eigenvalue weighted by Gasteiger charge is 2.66. The zero-order valence-corrected chi connectivity index (χ0v) is 19.5. The number of piperidine rings is 1. The summed E-state index contributed by atoms with van der Waals surface area (Å²) < 4.78 is 14.7. The zero-order valence-electron chi connectivity index (χ0n) is 18.7. The van der Waals surface area contributed by atoms with E-state index in [4.69, 9.17) is 27.3 Å². The lowest BCUT2D eigenvalue weighted by molar-refractivity contribution is 0.533. The number of H-pyrrole nitrogens is 1. The molecule has 2 aliphatic heterocycles. The van der Waals surface area contributed by atoms with Gasteiger partial charge in [-0.2, -0.15) is 5.10 Å². The van der Waals surface area contributed by atoms with Crippen LogP contribution in [0.25, 0.3) is 22.4 Å². The molecule has 35 heavy (non-hydrogen) atoms. The minimum absolute atomic E-state index is 0.171. The smallest absolute Gasteiger partial charge is 0.202 e. The van der Waals surface area contributed by atoms with Crippen LogP contribution in [0, 0.1) is 17.7 Å². The van der Waals surface area contributed by atoms with Gasteiger partial charge < -0.3 is 10.6 Å². The van der Waals surface area contributed by atoms with Crippen LogP contribution in [-0.2, 0) is 5.41 Å². The second-order valence-corrected chi connectivity index (χ2v) is 9.80. The molecule has 2 aromatic heterocycles. The van der Waals surface area contributed by atoms with Gasteiger partial charge in [0, 0.05) is 30.6 Å². The Kier molecular flexibility index (Phi) is 4.50. The molecule has 1 saturated heterocycles. The van der Waals surface area contributed by atoms with Crippen LogP contribution in [0.4, 0.5) is 10.2 Å². The van der Waals surface area contributed by atoms with Gasteiger partial charge in [0.15, 0.2) is 0 Å². The minimum Gasteiger partial charge on any atom is -0.355 e. The Morgan fingerprint density at radius 3 is 2.91 bits per heavy atom. The number of halogens is 2. The molecular weight excluding hydrogens is 467 g/mol. The third-order valence-electron chi connectivity index (χ3n) is 7.95. The molecule has 3 aliphatic rings. The summed E-state index contributed by atoms with van der Waals surface area (Å²) in [5, 5.41) is 9.48. The summed E-state index contributed by atoms with van der Waals surface area (Å²) in [6, 6.07) is 10.8. The second-order valence-electron chi connectivity index (χ2n) is 9.42. The Hall–Kier alpha value is -3.43. The molecule has 0 unspecified atom stereocenters. The lowest BCUT2D eigenvalue weighted by Crippen LogP contribution is -2.32. The molecule has 2 aromatic carbocycles. The predicted molar refractivity (Wildman–Crippen MR) is 130 cm³/mol. The standard InChI is InChI=1S/C25H22ClFN8/c26-20-13(5-6-18-22(20)31-12-30-18)21-23-24(34-33-21)32-19(9-29-23)35-8-7-14-16(10-35)25(14,11-28)15-3-1-2-4-17(15)27/h1-6,9,14,16H,7-8,10-12,28H2,(H,32,33,34)/t14-,16+,25-/m1/s1. The first-order valence-electron chi connectivity index (χ1n) is 11.7. The fraction of sp³-hybridized carbons (Fsp3) is 0.320. The van der Waals surface area contributed by atoms with Crippen molar-refractivity contribution in [2.75, 3.05) is 31.2 Å². The summed E-state index contributed by atoms with van der Waals surface area (Å²) in [4.78, 5) is 20.4. The summed E-state index contributed by atoms with van der Waals surface area (Å²) in [6.45, 7) is 2.41. The van der Waals surface area contributed by atoms with Crippen LogP contribution in [0.3, 0.4) is 0 Å². The van der Waals surface area contributed by atoms with Crippen molar-refractivity contribution in [3.63, 3.8) is 0 Å². The number of aromatic nitrogens is 4. The van der Waals surface area contributed by atoms with Crippen molar-refractivity contribution >= 4 is 28.6 Å². The van der Waals surface area contributed by atoms with E-state index >= 15 is 0 Å². The molecule has 1 saturated carbocycles. The molecule has 4 heterocycles. The normalized spacial score (nSPS) is 24.6. The summed E-state index contributed by atoms with van der Waals surface area (Å²) in [5.41, 5.74) is 9.32. The first kappa shape index (κ1) is 20.9. The Morgan fingerprint density at radius 1 is 1.17 bits per heavy atom. The zero-order chi connectivity index (χ0) is 23.7. The monoisotopic (exact) mass is 488 g/mol. The average Bonchev–Trinajstić information content (AvgIpc) is 3.18. The first-order chi connectivity index (χ1) is 17.1. The number of nitrogens with one attached hydrogen (secondary N) is 1. The van der Waals surface area contributed by atoms with Crippen molar-refractivity contribution in [1.29, 1.82) is 0 Å². The number of nitrogens with zero attached hydrogens (tertiary/aromatic N) is 6. The number of fused-ring (bicyclic) bond motifs is 3. The Balaban J connectivity index is 1.20. The van der Waals surface area contributed by atoms with Crippen molar-refractivity contribution in [3.05, 3.63) is 69.7 Å². The molecule has 0 bridgehead atoms. The van der Waals surface area contributed by atoms with E-state index in [1.54, 1.807) is 12.3 Å². The topological polar surface area (TPSA) is 108 Å². The van der Waals surface area contributed by atoms with Crippen molar-refractivity contribution < 1.29 is 4.39 Å². The number of benzene rings is 2. The van der Waals surface area contributed by atoms with Crippen LogP contribution in [0.15, 0.2) is 52.6 Å². The van der Waals surface area contributed by atoms with Gasteiger partial charge >= 0.3 is 0 Å². The third kappa shape index (κ3) is 2.91. The number of rotatable bonds is 4. The van der Waals surface area contributed by atoms with Crippen LogP contribution in [0.2, 0.25) is 5.02 Å². The fourth-order valence-corrected chi connectivity index (χ4v) is 6.48. The van der Waals surface area contributed by atoms with Gasteiger partial charge in [0.1, 0.15) is 29.2 Å². The van der Waals surface area contributed by atoms with Crippen LogP contribution < -0.4 is 21.3 Å². The van der Waals surface area contributed by atoms with Gasteiger partial charge in [-0.3, -0.25) is 15.1 Å². The average molecular weight is 489 g/mol. The third-order valence-corrected chi connectivity index (χ3v) is 8.33. The molecule has 7 rings (SSSR count). The number of aromatic amines is 1. The summed E-state index contributed by atoms with van der Waals surface area (Å²) in [5.74, 6) is 1.25. The number of hydrogen-bond acceptors (Lipinski definition) is 7. The molecule has 0 spiro atoms. The van der Waals surface area contributed by atoms with E-state index in [9.17, 15) is 4.39 Å². The molecule has 8 nitrogen and oxygen atoms in total. The van der Waals surface area contributed by atoms with Crippen LogP contribution >= 0.6 is 11.6 Å². The van der Waals surface area contributed by atoms with Crippen LogP contribution in [0.1, 0.15) is 12.0 Å². The van der Waals surface area contributed by atoms with E-state index in [-0.39, 0.29) is 17.2 Å². The first-order valence-corrected chi connectivity index (χ1v) is 12.1. The lowest BCUT2D eigenvalue weighted by atomic mass is 9.91. The molecule has 4 aromatic rings. The fourth-order valence-electron chi connectivity index (χ4n) is 6.17. The van der Waals surface area contributed by atoms with E-state index in [0.717, 1.165) is 41.8 Å². The van der Waals surface area contributed by atoms with Crippen LogP contribution in [0.5, 0.6) is 0 Å². The van der Waals surface area contributed by atoms with E-state index in [1.807, 2.05) is 24.3 Å². The highest BCUT2D eigenvalue weighted by Crippen LogP contribution is 2.63. The molecule has 3 N–H and O–H groups in total. The van der Waals surface area contributed by atoms with E-state index in [1.165, 1.54) is 6.07 Å². The maximum atomic E-state index is 14.7. The molecule has 3 atom stereocenters. The van der Waals surface area contributed by atoms with Gasteiger partial charge in [-0.05, 0) is 42.0 Å². The molecule has 0 radical (unpaired) electrons. The van der Waals surface area contributed by atoms with E-state index in [0.29, 0.717) is 46.4 Å². The summed E-state index contributed by atoms with van der Waals surface area (Å²) in [6.07, 6.45) is 2.71. The lowest BCUT2D eigenvalue weighted by Gasteiger charge is -2.26. The van der Waals surface area contributed by atoms with Gasteiger partial charge in [0.2, 0.25) is 5.65 Å². The summed E-state index contributed by atoms with van der Waals surface area (Å²) in [7, 11) is 0. The Bertz CT molecular complexity index is 1620. The number of hydrogen-bond donors (Lipinski definition) is 2. The van der Waals surface area contributed by atoms with Crippen LogP contribution in [-0.4, -0.2) is 46.5 Å². The largest absolute Gasteiger partial charge is 0.355 e. The van der Waals surface area contributed by atoms with Gasteiger partial charge in [-0.25, -0.2) is 14.4 Å². The molecule has 1 aliphatic carbocycles. The molecule has 10 heteroatoms. The van der Waals surface area contributed by atoms with Gasteiger partial charge in [0.05, 0.1) is 22.3 Å². The van der Waals surface area contributed by atoms with Gasteiger partial charge in [-0.1, -0.05) is 29.8 Å². The highest BCUT2D eigenvalue weighted by molar-refractivity contribution is 6.33. The Morgan fingerprint density at radius 2 is 2.06 bits per heavy atom. The summed E-state index contributed by atoms with van der Waals surface area (Å²) >= 11 is 6.63. The highest BCUT2D eigenvalue weighted by atomic mass is 35.5. The van der Waals surface area contributed by atoms with Crippen molar-refractivity contribution in [2.45, 2.75) is 11.8 Å². The quantitative estimate of drug-likeness (QED) is 0.458. The maximum absolute atomic E-state index is 14.7. The van der Waals surface area contributed by atoms with Crippen molar-refractivity contribution in [2.24, 2.45) is 27.6 Å². The van der Waals surface area contributed by atoms with E-state index < -0.39 is 0 Å². The SMILES string of the molecule is NC[C@]1(c2ccccc2F)[C@@H]2CCN(c3cnc4c(-c5ccc6c(c5Cl)=NCN=6)[nH]nc4n3)C[C@@H]21. The van der Waals surface area contributed by atoms with Gasteiger partial charge in [-0.15, -0.1) is 0 Å². The number of nitrogens with two attached hydrogens (primary N) is 1. The number of anilines is 1. The van der Waals surface area contributed by atoms with Crippen molar-refractivity contribution in [3.8, 4) is 11.3 Å². The molecule has 0 amide bonds. The van der Waals surface area contributed by atoms with E-state index in [2.05, 4.69) is 25.1 Å². The molecule has 176 valence electrons. The predicted octanol–water partition coefficient (Wildman–Crippen LogP) is 2.38. The minimum atomic E-state index is -0.307.